The van der Waals surface area contributed by atoms with Crippen molar-refractivity contribution in [2.24, 2.45) is 0 Å². The van der Waals surface area contributed by atoms with Gasteiger partial charge in [0.25, 0.3) is 0 Å². The summed E-state index contributed by atoms with van der Waals surface area (Å²) < 4.78 is 0.826. The molecule has 5 heteroatoms. The van der Waals surface area contributed by atoms with E-state index in [0.29, 0.717) is 5.13 Å². The van der Waals surface area contributed by atoms with Crippen molar-refractivity contribution in [3.63, 3.8) is 0 Å². The first-order chi connectivity index (χ1) is 6.24. The number of halogens is 1. The molecular formula is C8H7ClN2S2. The van der Waals surface area contributed by atoms with Crippen LogP contribution in [0, 0.1) is 0 Å². The Labute approximate surface area is 89.0 Å². The summed E-state index contributed by atoms with van der Waals surface area (Å²) in [6.45, 7) is 0. The highest BCUT2D eigenvalue weighted by Gasteiger charge is 2.02. The molecule has 0 fully saturated rings. The Morgan fingerprint density at radius 2 is 2.38 bits per heavy atom. The quantitative estimate of drug-likeness (QED) is 0.862. The molecule has 2 aromatic rings. The van der Waals surface area contributed by atoms with Gasteiger partial charge in [-0.15, -0.1) is 22.7 Å². The smallest absolute Gasteiger partial charge is 0.180 e. The van der Waals surface area contributed by atoms with Gasteiger partial charge in [-0.25, -0.2) is 4.98 Å². The third kappa shape index (κ3) is 2.21. The van der Waals surface area contributed by atoms with Crippen LogP contribution in [-0.2, 0) is 6.42 Å². The normalized spacial score (nSPS) is 10.5. The maximum atomic E-state index is 5.81. The maximum absolute atomic E-state index is 5.81. The first-order valence-corrected chi connectivity index (χ1v) is 5.74. The summed E-state index contributed by atoms with van der Waals surface area (Å²) in [7, 11) is 0. The summed E-state index contributed by atoms with van der Waals surface area (Å²) in [5.41, 5.74) is 6.74. The van der Waals surface area contributed by atoms with Gasteiger partial charge < -0.3 is 5.73 Å². The monoisotopic (exact) mass is 230 g/mol. The molecule has 2 nitrogen and oxygen atoms in total. The maximum Gasteiger partial charge on any atom is 0.180 e. The molecule has 2 N–H and O–H groups in total. The molecule has 0 saturated heterocycles. The van der Waals surface area contributed by atoms with Gasteiger partial charge in [0.15, 0.2) is 5.13 Å². The topological polar surface area (TPSA) is 38.9 Å². The number of nitrogens with zero attached hydrogens (tertiary/aromatic N) is 1. The van der Waals surface area contributed by atoms with Crippen molar-refractivity contribution in [2.75, 3.05) is 5.73 Å². The van der Waals surface area contributed by atoms with E-state index in [2.05, 4.69) is 10.4 Å². The molecule has 0 saturated carbocycles. The Morgan fingerprint density at radius 1 is 1.54 bits per heavy atom. The number of rotatable bonds is 2. The number of hydrogen-bond acceptors (Lipinski definition) is 4. The minimum absolute atomic E-state index is 0.622. The number of nitrogen functional groups attached to an aromatic ring is 1. The minimum atomic E-state index is 0.622. The summed E-state index contributed by atoms with van der Waals surface area (Å²) in [6, 6.07) is 1.97. The molecule has 68 valence electrons. The number of anilines is 1. The second-order valence-corrected chi connectivity index (χ2v) is 5.29. The highest BCUT2D eigenvalue weighted by atomic mass is 35.5. The van der Waals surface area contributed by atoms with Gasteiger partial charge >= 0.3 is 0 Å². The SMILES string of the molecule is Nc1ncc(Cc2csc(Cl)c2)s1. The van der Waals surface area contributed by atoms with Gasteiger partial charge in [0.1, 0.15) is 0 Å². The number of hydrogen-bond donors (Lipinski definition) is 1. The van der Waals surface area contributed by atoms with Crippen LogP contribution in [0.3, 0.4) is 0 Å². The molecule has 2 aromatic heterocycles. The number of thiazole rings is 1. The molecule has 0 aliphatic carbocycles. The van der Waals surface area contributed by atoms with Crippen LogP contribution in [0.1, 0.15) is 10.4 Å². The molecule has 0 spiro atoms. The molecule has 0 aliphatic rings. The molecule has 0 radical (unpaired) electrons. The zero-order valence-corrected chi connectivity index (χ0v) is 9.05. The van der Waals surface area contributed by atoms with Gasteiger partial charge in [-0.2, -0.15) is 0 Å². The standard InChI is InChI=1S/C8H7ClN2S2/c9-7-2-5(4-12-7)1-6-3-11-8(10)13-6/h2-4H,1H2,(H2,10,11). The van der Waals surface area contributed by atoms with Crippen LogP contribution in [0.5, 0.6) is 0 Å². The number of aromatic nitrogens is 1. The lowest BCUT2D eigenvalue weighted by Gasteiger charge is -1.89. The molecule has 0 aromatic carbocycles. The Kier molecular flexibility index (Phi) is 2.53. The van der Waals surface area contributed by atoms with Crippen LogP contribution >= 0.6 is 34.3 Å². The molecule has 0 atom stereocenters. The zero-order chi connectivity index (χ0) is 9.26. The molecule has 0 unspecified atom stereocenters. The lowest BCUT2D eigenvalue weighted by atomic mass is 10.2. The van der Waals surface area contributed by atoms with Gasteiger partial charge in [0.05, 0.1) is 4.34 Å². The van der Waals surface area contributed by atoms with Gasteiger partial charge in [0.2, 0.25) is 0 Å². The van der Waals surface area contributed by atoms with Crippen LogP contribution < -0.4 is 5.73 Å². The molecular weight excluding hydrogens is 224 g/mol. The fourth-order valence-electron chi connectivity index (χ4n) is 1.04. The minimum Gasteiger partial charge on any atom is -0.375 e. The summed E-state index contributed by atoms with van der Waals surface area (Å²) >= 11 is 8.88. The van der Waals surface area contributed by atoms with E-state index >= 15 is 0 Å². The Hall–Kier alpha value is -0.580. The molecule has 0 aliphatic heterocycles. The van der Waals surface area contributed by atoms with Gasteiger partial charge in [0, 0.05) is 17.5 Å². The fraction of sp³-hybridized carbons (Fsp3) is 0.125. The molecule has 2 heterocycles. The first-order valence-electron chi connectivity index (χ1n) is 3.67. The van der Waals surface area contributed by atoms with E-state index in [1.165, 1.54) is 21.8 Å². The van der Waals surface area contributed by atoms with E-state index in [9.17, 15) is 0 Å². The molecule has 0 bridgehead atoms. The summed E-state index contributed by atoms with van der Waals surface area (Å²) in [5, 5.41) is 2.68. The Morgan fingerprint density at radius 3 is 2.92 bits per heavy atom. The Bertz CT molecular complexity index is 369. The third-order valence-electron chi connectivity index (χ3n) is 1.57. The largest absolute Gasteiger partial charge is 0.375 e. The fourth-order valence-corrected chi connectivity index (χ4v) is 2.67. The summed E-state index contributed by atoms with van der Waals surface area (Å²) in [6.07, 6.45) is 2.68. The average molecular weight is 231 g/mol. The lowest BCUT2D eigenvalue weighted by molar-refractivity contribution is 1.24. The van der Waals surface area contributed by atoms with E-state index in [4.69, 9.17) is 17.3 Å². The Balaban J connectivity index is 2.14. The van der Waals surface area contributed by atoms with Gasteiger partial charge in [-0.05, 0) is 17.0 Å². The van der Waals surface area contributed by atoms with Crippen molar-refractivity contribution in [1.82, 2.24) is 4.98 Å². The highest BCUT2D eigenvalue weighted by molar-refractivity contribution is 7.15. The predicted molar refractivity (Wildman–Crippen MR) is 58.7 cm³/mol. The van der Waals surface area contributed by atoms with Crippen molar-refractivity contribution in [1.29, 1.82) is 0 Å². The molecule has 13 heavy (non-hydrogen) atoms. The van der Waals surface area contributed by atoms with Crippen molar-refractivity contribution in [3.8, 4) is 0 Å². The molecule has 0 amide bonds. The van der Waals surface area contributed by atoms with E-state index in [1.807, 2.05) is 12.3 Å². The summed E-state index contributed by atoms with van der Waals surface area (Å²) in [5.74, 6) is 0. The van der Waals surface area contributed by atoms with Gasteiger partial charge in [-0.3, -0.25) is 0 Å². The van der Waals surface area contributed by atoms with Crippen LogP contribution in [0.15, 0.2) is 17.6 Å². The van der Waals surface area contributed by atoms with Crippen molar-refractivity contribution < 1.29 is 0 Å². The predicted octanol–water partition coefficient (Wildman–Crippen LogP) is 3.03. The van der Waals surface area contributed by atoms with Crippen molar-refractivity contribution in [3.05, 3.63) is 32.4 Å². The van der Waals surface area contributed by atoms with Crippen LogP contribution in [0.4, 0.5) is 5.13 Å². The zero-order valence-electron chi connectivity index (χ0n) is 6.66. The molecule has 2 rings (SSSR count). The lowest BCUT2D eigenvalue weighted by Crippen LogP contribution is -1.78. The van der Waals surface area contributed by atoms with E-state index in [0.717, 1.165) is 10.8 Å². The summed E-state index contributed by atoms with van der Waals surface area (Å²) in [4.78, 5) is 5.16. The van der Waals surface area contributed by atoms with Crippen molar-refractivity contribution >= 4 is 39.4 Å². The third-order valence-corrected chi connectivity index (χ3v) is 3.54. The second kappa shape index (κ2) is 3.65. The van der Waals surface area contributed by atoms with E-state index < -0.39 is 0 Å². The van der Waals surface area contributed by atoms with Gasteiger partial charge in [-0.1, -0.05) is 11.6 Å². The second-order valence-electron chi connectivity index (χ2n) is 2.60. The van der Waals surface area contributed by atoms with Crippen LogP contribution in [0.2, 0.25) is 4.34 Å². The van der Waals surface area contributed by atoms with E-state index in [-0.39, 0.29) is 0 Å². The van der Waals surface area contributed by atoms with E-state index in [1.54, 1.807) is 11.3 Å². The number of nitrogens with two attached hydrogens (primary N) is 1. The van der Waals surface area contributed by atoms with Crippen LogP contribution in [-0.4, -0.2) is 4.98 Å². The number of thiophene rings is 1. The highest BCUT2D eigenvalue weighted by Crippen LogP contribution is 2.24. The van der Waals surface area contributed by atoms with Crippen molar-refractivity contribution in [2.45, 2.75) is 6.42 Å². The van der Waals surface area contributed by atoms with Crippen LogP contribution in [0.25, 0.3) is 0 Å². The first kappa shape index (κ1) is 8.99. The average Bonchev–Trinajstić information content (AvgIpc) is 2.62.